The van der Waals surface area contributed by atoms with Gasteiger partial charge in [0.25, 0.3) is 5.12 Å². The van der Waals surface area contributed by atoms with E-state index in [2.05, 4.69) is 58.4 Å². The van der Waals surface area contributed by atoms with E-state index in [-0.39, 0.29) is 17.1 Å². The van der Waals surface area contributed by atoms with Crippen LogP contribution in [0.1, 0.15) is 28.7 Å². The van der Waals surface area contributed by atoms with Crippen LogP contribution in [0.2, 0.25) is 0 Å². The van der Waals surface area contributed by atoms with Gasteiger partial charge in [0, 0.05) is 16.3 Å². The zero-order valence-electron chi connectivity index (χ0n) is 13.2. The van der Waals surface area contributed by atoms with E-state index in [0.717, 1.165) is 10.9 Å². The second-order valence-corrected chi connectivity index (χ2v) is 7.90. The molecule has 2 nitrogen and oxygen atoms in total. The molecule has 2 aromatic carbocycles. The van der Waals surface area contributed by atoms with Gasteiger partial charge in [-0.1, -0.05) is 64.1 Å². The quantitative estimate of drug-likeness (QED) is 0.688. The van der Waals surface area contributed by atoms with Gasteiger partial charge < -0.3 is 4.74 Å². The second kappa shape index (κ2) is 6.41. The highest BCUT2D eigenvalue weighted by atomic mass is 79.9. The van der Waals surface area contributed by atoms with Crippen LogP contribution in [0.25, 0.3) is 0 Å². The van der Waals surface area contributed by atoms with Gasteiger partial charge in [0.05, 0.1) is 0 Å². The first-order valence-electron chi connectivity index (χ1n) is 7.97. The Morgan fingerprint density at radius 2 is 1.92 bits per heavy atom. The van der Waals surface area contributed by atoms with E-state index >= 15 is 0 Å². The van der Waals surface area contributed by atoms with Crippen molar-refractivity contribution < 1.29 is 9.53 Å². The minimum atomic E-state index is -0.0362. The van der Waals surface area contributed by atoms with E-state index in [0.29, 0.717) is 11.7 Å². The molecule has 0 bridgehead atoms. The highest BCUT2D eigenvalue weighted by Crippen LogP contribution is 2.50. The van der Waals surface area contributed by atoms with Crippen LogP contribution < -0.4 is 0 Å². The Morgan fingerprint density at radius 1 is 1.17 bits per heavy atom. The Bertz CT molecular complexity index is 813. The molecule has 1 heterocycles. The van der Waals surface area contributed by atoms with Crippen molar-refractivity contribution in [1.82, 2.24) is 0 Å². The molecule has 0 spiro atoms. The number of carbonyl (C=O) groups excluding carboxylic acids is 1. The Labute approximate surface area is 154 Å². The lowest BCUT2D eigenvalue weighted by atomic mass is 9.81. The molecule has 0 saturated carbocycles. The van der Waals surface area contributed by atoms with Crippen LogP contribution in [0.3, 0.4) is 0 Å². The van der Waals surface area contributed by atoms with Crippen molar-refractivity contribution in [2.24, 2.45) is 5.92 Å². The first-order chi connectivity index (χ1) is 11.7. The maximum atomic E-state index is 12.3. The third kappa shape index (κ3) is 2.72. The number of rotatable bonds is 2. The third-order valence-corrected chi connectivity index (χ3v) is 5.99. The van der Waals surface area contributed by atoms with Crippen LogP contribution in [0.5, 0.6) is 0 Å². The molecule has 0 amide bonds. The van der Waals surface area contributed by atoms with Crippen LogP contribution in [-0.4, -0.2) is 11.4 Å². The second-order valence-electron chi connectivity index (χ2n) is 6.21. The van der Waals surface area contributed by atoms with Crippen molar-refractivity contribution in [1.29, 1.82) is 0 Å². The highest BCUT2D eigenvalue weighted by molar-refractivity contribution is 9.10. The number of hydrogen-bond donors (Lipinski definition) is 0. The molecule has 2 aliphatic rings. The van der Waals surface area contributed by atoms with E-state index in [4.69, 9.17) is 4.74 Å². The minimum Gasteiger partial charge on any atom is -0.481 e. The van der Waals surface area contributed by atoms with Gasteiger partial charge in [-0.25, -0.2) is 0 Å². The Kier molecular flexibility index (Phi) is 4.27. The van der Waals surface area contributed by atoms with E-state index in [1.54, 1.807) is 6.26 Å². The van der Waals surface area contributed by atoms with Crippen molar-refractivity contribution in [2.45, 2.75) is 18.4 Å². The van der Waals surface area contributed by atoms with Gasteiger partial charge in [0.2, 0.25) is 0 Å². The molecule has 0 N–H and O–H groups in total. The third-order valence-electron chi connectivity index (χ3n) is 4.89. The molecule has 0 fully saturated rings. The zero-order valence-corrected chi connectivity index (χ0v) is 15.6. The molecule has 1 aliphatic carbocycles. The SMILES string of the molecule is CSC(=O)C1=C[C@H](c2ccc(Br)cc2)[C@@H]2Cc3ccccc3[C@@H]2O1. The summed E-state index contributed by atoms with van der Waals surface area (Å²) in [5.41, 5.74) is 3.79. The molecule has 0 radical (unpaired) electrons. The predicted molar refractivity (Wildman–Crippen MR) is 101 cm³/mol. The summed E-state index contributed by atoms with van der Waals surface area (Å²) in [6.07, 6.45) is 4.77. The lowest BCUT2D eigenvalue weighted by Crippen LogP contribution is -2.25. The monoisotopic (exact) mass is 400 g/mol. The molecular weight excluding hydrogens is 384 g/mol. The number of ether oxygens (including phenoxy) is 1. The van der Waals surface area contributed by atoms with Gasteiger partial charge in [0.1, 0.15) is 6.10 Å². The standard InChI is InChI=1S/C20H17BrO2S/c1-24-20(22)18-11-16(12-6-8-14(21)9-7-12)17-10-13-4-2-3-5-15(13)19(17)23-18/h2-9,11,16-17,19H,10H2,1H3/t16-,17+,19+/m1/s1. The lowest BCUT2D eigenvalue weighted by molar-refractivity contribution is -0.113. The summed E-state index contributed by atoms with van der Waals surface area (Å²) in [7, 11) is 0. The molecule has 4 rings (SSSR count). The molecule has 122 valence electrons. The normalized spacial score (nSPS) is 24.6. The fraction of sp³-hybridized carbons (Fsp3) is 0.250. The molecule has 0 aromatic heterocycles. The summed E-state index contributed by atoms with van der Waals surface area (Å²) in [5.74, 6) is 1.02. The summed E-state index contributed by atoms with van der Waals surface area (Å²) < 4.78 is 7.21. The summed E-state index contributed by atoms with van der Waals surface area (Å²) in [6, 6.07) is 16.8. The van der Waals surface area contributed by atoms with Gasteiger partial charge in [-0.2, -0.15) is 0 Å². The number of carbonyl (C=O) groups is 1. The number of allylic oxidation sites excluding steroid dienone is 1. The molecule has 3 atom stereocenters. The summed E-state index contributed by atoms with van der Waals surface area (Å²) in [6.45, 7) is 0. The Balaban J connectivity index is 1.78. The van der Waals surface area contributed by atoms with Crippen molar-refractivity contribution >= 4 is 32.8 Å². The van der Waals surface area contributed by atoms with Crippen molar-refractivity contribution in [2.75, 3.05) is 6.26 Å². The van der Waals surface area contributed by atoms with Gasteiger partial charge in [-0.05, 0) is 47.6 Å². The van der Waals surface area contributed by atoms with Crippen molar-refractivity contribution in [3.63, 3.8) is 0 Å². The minimum absolute atomic E-state index is 0.0000530. The smallest absolute Gasteiger partial charge is 0.253 e. The largest absolute Gasteiger partial charge is 0.481 e. The first-order valence-corrected chi connectivity index (χ1v) is 9.99. The Morgan fingerprint density at radius 3 is 2.67 bits per heavy atom. The van der Waals surface area contributed by atoms with E-state index in [1.807, 2.05) is 12.1 Å². The summed E-state index contributed by atoms with van der Waals surface area (Å²) in [5, 5.41) is -0.0000530. The number of hydrogen-bond acceptors (Lipinski definition) is 3. The van der Waals surface area contributed by atoms with Gasteiger partial charge >= 0.3 is 0 Å². The van der Waals surface area contributed by atoms with E-state index < -0.39 is 0 Å². The van der Waals surface area contributed by atoms with E-state index in [1.165, 1.54) is 28.5 Å². The van der Waals surface area contributed by atoms with E-state index in [9.17, 15) is 4.79 Å². The van der Waals surface area contributed by atoms with Crippen molar-refractivity contribution in [3.8, 4) is 0 Å². The average molecular weight is 401 g/mol. The van der Waals surface area contributed by atoms with Gasteiger partial charge in [0.15, 0.2) is 5.76 Å². The lowest BCUT2D eigenvalue weighted by Gasteiger charge is -2.33. The maximum absolute atomic E-state index is 12.3. The fourth-order valence-corrected chi connectivity index (χ4v) is 4.35. The molecular formula is C20H17BrO2S. The molecule has 1 aliphatic heterocycles. The molecule has 4 heteroatoms. The van der Waals surface area contributed by atoms with Crippen LogP contribution >= 0.6 is 27.7 Å². The molecule has 24 heavy (non-hydrogen) atoms. The summed E-state index contributed by atoms with van der Waals surface area (Å²) in [4.78, 5) is 12.3. The maximum Gasteiger partial charge on any atom is 0.253 e. The first kappa shape index (κ1) is 16.0. The summed E-state index contributed by atoms with van der Waals surface area (Å²) >= 11 is 4.70. The number of halogens is 1. The van der Waals surface area contributed by atoms with Gasteiger partial charge in [-0.15, -0.1) is 0 Å². The Hall–Kier alpha value is -1.52. The topological polar surface area (TPSA) is 26.3 Å². The van der Waals surface area contributed by atoms with Crippen LogP contribution in [0.4, 0.5) is 0 Å². The average Bonchev–Trinajstić information content (AvgIpc) is 2.99. The fourth-order valence-electron chi connectivity index (χ4n) is 3.76. The molecule has 0 unspecified atom stereocenters. The molecule has 2 aromatic rings. The zero-order chi connectivity index (χ0) is 16.7. The van der Waals surface area contributed by atoms with Crippen LogP contribution in [0.15, 0.2) is 64.8 Å². The number of benzene rings is 2. The highest BCUT2D eigenvalue weighted by Gasteiger charge is 2.43. The number of thioether (sulfide) groups is 1. The predicted octanol–water partition coefficient (Wildman–Crippen LogP) is 5.25. The number of fused-ring (bicyclic) bond motifs is 3. The van der Waals surface area contributed by atoms with Crippen LogP contribution in [-0.2, 0) is 16.0 Å². The molecule has 0 saturated heterocycles. The van der Waals surface area contributed by atoms with Crippen LogP contribution in [0, 0.1) is 5.92 Å². The van der Waals surface area contributed by atoms with Gasteiger partial charge in [-0.3, -0.25) is 4.79 Å². The van der Waals surface area contributed by atoms with Crippen molar-refractivity contribution in [3.05, 3.63) is 81.5 Å².